The molecule has 0 fully saturated rings. The van der Waals surface area contributed by atoms with Gasteiger partial charge < -0.3 is 20.1 Å². The van der Waals surface area contributed by atoms with E-state index in [1.165, 1.54) is 0 Å². The Morgan fingerprint density at radius 1 is 1.14 bits per heavy atom. The van der Waals surface area contributed by atoms with Crippen molar-refractivity contribution in [3.63, 3.8) is 0 Å². The van der Waals surface area contributed by atoms with Gasteiger partial charge in [0.05, 0.1) is 18.3 Å². The van der Waals surface area contributed by atoms with Gasteiger partial charge in [-0.15, -0.1) is 24.0 Å². The third-order valence-corrected chi connectivity index (χ3v) is 3.66. The van der Waals surface area contributed by atoms with E-state index < -0.39 is 0 Å². The molecule has 0 saturated carbocycles. The first-order valence-corrected chi connectivity index (χ1v) is 9.91. The van der Waals surface area contributed by atoms with Gasteiger partial charge in [-0.05, 0) is 56.5 Å². The molecule has 0 spiro atoms. The van der Waals surface area contributed by atoms with Crippen LogP contribution in [0.1, 0.15) is 39.8 Å². The molecule has 7 nitrogen and oxygen atoms in total. The van der Waals surface area contributed by atoms with Gasteiger partial charge in [0.1, 0.15) is 5.75 Å². The van der Waals surface area contributed by atoms with Gasteiger partial charge in [0.2, 0.25) is 0 Å². The first kappa shape index (κ1) is 25.2. The fourth-order valence-corrected chi connectivity index (χ4v) is 2.40. The van der Waals surface area contributed by atoms with Crippen LogP contribution >= 0.6 is 24.0 Å². The first-order chi connectivity index (χ1) is 13.5. The van der Waals surface area contributed by atoms with Crippen LogP contribution in [-0.4, -0.2) is 42.0 Å². The highest BCUT2D eigenvalue weighted by atomic mass is 127. The molecule has 0 aliphatic carbocycles. The van der Waals surface area contributed by atoms with Gasteiger partial charge in [-0.25, -0.2) is 4.99 Å². The smallest absolute Gasteiger partial charge is 0.196 e. The number of hydrogen-bond donors (Lipinski definition) is 3. The molecule has 162 valence electrons. The van der Waals surface area contributed by atoms with Crippen LogP contribution in [0.15, 0.2) is 41.5 Å². The van der Waals surface area contributed by atoms with Crippen LogP contribution in [0.25, 0.3) is 0 Å². The number of halogens is 1. The lowest BCUT2D eigenvalue weighted by atomic mass is 10.2. The molecule has 0 amide bonds. The SMILES string of the molecule is CC(C)COCCCNC(=NCc1ccn[nH]1)Nc1ccc(OC(C)C)cc1.I. The average molecular weight is 515 g/mol. The Balaban J connectivity index is 0.00000420. The second kappa shape index (κ2) is 14.2. The van der Waals surface area contributed by atoms with Gasteiger partial charge in [-0.2, -0.15) is 5.10 Å². The predicted molar refractivity (Wildman–Crippen MR) is 129 cm³/mol. The number of benzene rings is 1. The van der Waals surface area contributed by atoms with E-state index in [2.05, 4.69) is 39.7 Å². The van der Waals surface area contributed by atoms with Gasteiger partial charge in [-0.3, -0.25) is 5.10 Å². The van der Waals surface area contributed by atoms with Crippen LogP contribution in [0.4, 0.5) is 5.69 Å². The summed E-state index contributed by atoms with van der Waals surface area (Å²) in [5.74, 6) is 2.13. The molecule has 1 aromatic heterocycles. The zero-order valence-corrected chi connectivity index (χ0v) is 20.1. The maximum absolute atomic E-state index is 5.69. The summed E-state index contributed by atoms with van der Waals surface area (Å²) in [5.41, 5.74) is 1.91. The molecule has 0 radical (unpaired) electrons. The van der Waals surface area contributed by atoms with Crippen molar-refractivity contribution in [2.75, 3.05) is 25.1 Å². The third-order valence-electron chi connectivity index (χ3n) is 3.66. The minimum absolute atomic E-state index is 0. The van der Waals surface area contributed by atoms with Crippen LogP contribution in [-0.2, 0) is 11.3 Å². The molecule has 1 heterocycles. The molecule has 2 aromatic rings. The fraction of sp³-hybridized carbons (Fsp3) is 0.524. The van der Waals surface area contributed by atoms with Gasteiger partial charge in [0.25, 0.3) is 0 Å². The summed E-state index contributed by atoms with van der Waals surface area (Å²) >= 11 is 0. The molecule has 0 unspecified atom stereocenters. The largest absolute Gasteiger partial charge is 0.491 e. The van der Waals surface area contributed by atoms with Crippen LogP contribution in [0, 0.1) is 5.92 Å². The number of aromatic amines is 1. The molecule has 29 heavy (non-hydrogen) atoms. The van der Waals surface area contributed by atoms with Gasteiger partial charge in [-0.1, -0.05) is 13.8 Å². The lowest BCUT2D eigenvalue weighted by Gasteiger charge is -2.14. The average Bonchev–Trinajstić information content (AvgIpc) is 3.16. The van der Waals surface area contributed by atoms with Crippen LogP contribution < -0.4 is 15.4 Å². The lowest BCUT2D eigenvalue weighted by Crippen LogP contribution is -2.32. The molecule has 0 aliphatic rings. The van der Waals surface area contributed by atoms with Crippen molar-refractivity contribution in [3.8, 4) is 5.75 Å². The van der Waals surface area contributed by atoms with Crippen molar-refractivity contribution in [1.29, 1.82) is 0 Å². The first-order valence-electron chi connectivity index (χ1n) is 9.91. The fourth-order valence-electron chi connectivity index (χ4n) is 2.40. The van der Waals surface area contributed by atoms with Crippen molar-refractivity contribution in [1.82, 2.24) is 15.5 Å². The quantitative estimate of drug-likeness (QED) is 0.179. The molecule has 3 N–H and O–H groups in total. The molecule has 0 atom stereocenters. The molecule has 0 bridgehead atoms. The van der Waals surface area contributed by atoms with E-state index in [1.54, 1.807) is 6.20 Å². The number of aliphatic imine (C=N–C) groups is 1. The van der Waals surface area contributed by atoms with E-state index in [4.69, 9.17) is 9.47 Å². The number of ether oxygens (including phenoxy) is 2. The number of nitrogens with zero attached hydrogens (tertiary/aromatic N) is 2. The summed E-state index contributed by atoms with van der Waals surface area (Å²) in [4.78, 5) is 4.63. The van der Waals surface area contributed by atoms with Crippen LogP contribution in [0.2, 0.25) is 0 Å². The van der Waals surface area contributed by atoms with Gasteiger partial charge in [0, 0.05) is 31.6 Å². The monoisotopic (exact) mass is 515 g/mol. The normalized spacial score (nSPS) is 11.4. The number of anilines is 1. The maximum atomic E-state index is 5.69. The van der Waals surface area contributed by atoms with E-state index in [-0.39, 0.29) is 30.1 Å². The second-order valence-corrected chi connectivity index (χ2v) is 7.31. The summed E-state index contributed by atoms with van der Waals surface area (Å²) in [6.07, 6.45) is 2.80. The van der Waals surface area contributed by atoms with Crippen molar-refractivity contribution in [2.24, 2.45) is 10.9 Å². The number of aromatic nitrogens is 2. The Bertz CT molecular complexity index is 688. The van der Waals surface area contributed by atoms with Crippen LogP contribution in [0.5, 0.6) is 5.75 Å². The summed E-state index contributed by atoms with van der Waals surface area (Å²) in [5, 5.41) is 13.6. The number of nitrogens with one attached hydrogen (secondary N) is 3. The minimum Gasteiger partial charge on any atom is -0.491 e. The molecule has 0 aliphatic heterocycles. The molecule has 1 aromatic carbocycles. The summed E-state index contributed by atoms with van der Waals surface area (Å²) in [6, 6.07) is 9.79. The maximum Gasteiger partial charge on any atom is 0.196 e. The molecular weight excluding hydrogens is 481 g/mol. The Morgan fingerprint density at radius 2 is 1.90 bits per heavy atom. The Kier molecular flexibility index (Phi) is 12.4. The van der Waals surface area contributed by atoms with E-state index in [0.29, 0.717) is 12.5 Å². The highest BCUT2D eigenvalue weighted by molar-refractivity contribution is 14.0. The number of rotatable bonds is 11. The van der Waals surface area contributed by atoms with Crippen molar-refractivity contribution >= 4 is 35.6 Å². The Labute approximate surface area is 191 Å². The standard InChI is InChI=1S/C21H33N5O2.HI/c1-16(2)15-27-13-5-11-22-21(23-14-19-10-12-24-26-19)25-18-6-8-20(9-7-18)28-17(3)4;/h6-10,12,16-17H,5,11,13-15H2,1-4H3,(H,24,26)(H2,22,23,25);1H. The van der Waals surface area contributed by atoms with E-state index >= 15 is 0 Å². The van der Waals surface area contributed by atoms with Crippen molar-refractivity contribution in [3.05, 3.63) is 42.2 Å². The summed E-state index contributed by atoms with van der Waals surface area (Å²) in [7, 11) is 0. The number of H-pyrrole nitrogens is 1. The van der Waals surface area contributed by atoms with Crippen molar-refractivity contribution in [2.45, 2.75) is 46.8 Å². The minimum atomic E-state index is 0. The molecule has 0 saturated heterocycles. The van der Waals surface area contributed by atoms with E-state index in [1.807, 2.05) is 44.2 Å². The Hall–Kier alpha value is -1.81. The Morgan fingerprint density at radius 3 is 2.52 bits per heavy atom. The topological polar surface area (TPSA) is 83.6 Å². The summed E-state index contributed by atoms with van der Waals surface area (Å²) in [6.45, 7) is 11.2. The van der Waals surface area contributed by atoms with E-state index in [0.717, 1.165) is 49.3 Å². The zero-order valence-electron chi connectivity index (χ0n) is 17.8. The van der Waals surface area contributed by atoms with Gasteiger partial charge in [0.15, 0.2) is 5.96 Å². The van der Waals surface area contributed by atoms with E-state index in [9.17, 15) is 0 Å². The van der Waals surface area contributed by atoms with Gasteiger partial charge >= 0.3 is 0 Å². The lowest BCUT2D eigenvalue weighted by molar-refractivity contribution is 0.108. The highest BCUT2D eigenvalue weighted by Crippen LogP contribution is 2.16. The predicted octanol–water partition coefficient (Wildman–Crippen LogP) is 4.44. The molecule has 2 rings (SSSR count). The second-order valence-electron chi connectivity index (χ2n) is 7.31. The summed E-state index contributed by atoms with van der Waals surface area (Å²) < 4.78 is 11.3. The number of hydrogen-bond acceptors (Lipinski definition) is 4. The third kappa shape index (κ3) is 11.1. The zero-order chi connectivity index (χ0) is 20.2. The molecular formula is C21H34IN5O2. The van der Waals surface area contributed by atoms with Crippen LogP contribution in [0.3, 0.4) is 0 Å². The molecule has 8 heteroatoms. The number of guanidine groups is 1. The highest BCUT2D eigenvalue weighted by Gasteiger charge is 2.03. The van der Waals surface area contributed by atoms with Crippen molar-refractivity contribution < 1.29 is 9.47 Å².